The van der Waals surface area contributed by atoms with Crippen LogP contribution >= 0.6 is 15.9 Å². The van der Waals surface area contributed by atoms with Gasteiger partial charge >= 0.3 is 0 Å². The van der Waals surface area contributed by atoms with Crippen molar-refractivity contribution in [2.24, 2.45) is 10.7 Å². The van der Waals surface area contributed by atoms with Gasteiger partial charge in [-0.25, -0.2) is 4.99 Å². The van der Waals surface area contributed by atoms with Crippen LogP contribution in [0.1, 0.15) is 13.8 Å². The monoisotopic (exact) mass is 299 g/mol. The molecule has 3 N–H and O–H groups in total. The topological polar surface area (TPSA) is 59.6 Å². The Bertz CT molecular complexity index is 363. The molecule has 1 rings (SSSR count). The third-order valence-corrected chi connectivity index (χ3v) is 2.42. The number of hydrogen-bond acceptors (Lipinski definition) is 2. The van der Waals surface area contributed by atoms with Gasteiger partial charge in [-0.15, -0.1) is 0 Å². The molecule has 0 unspecified atom stereocenters. The molecule has 5 heteroatoms. The lowest BCUT2D eigenvalue weighted by Crippen LogP contribution is -2.37. The van der Waals surface area contributed by atoms with Gasteiger partial charge < -0.3 is 15.8 Å². The van der Waals surface area contributed by atoms with Crippen molar-refractivity contribution in [3.63, 3.8) is 0 Å². The third-order valence-electron chi connectivity index (χ3n) is 1.89. The van der Waals surface area contributed by atoms with Crippen LogP contribution in [-0.4, -0.2) is 25.2 Å². The summed E-state index contributed by atoms with van der Waals surface area (Å²) >= 11 is 3.37. The summed E-state index contributed by atoms with van der Waals surface area (Å²) in [5.74, 6) is 1.29. The Morgan fingerprint density at radius 1 is 1.41 bits per heavy atom. The Labute approximate surface area is 110 Å². The summed E-state index contributed by atoms with van der Waals surface area (Å²) in [6.45, 7) is 5.09. The van der Waals surface area contributed by atoms with Gasteiger partial charge in [0.1, 0.15) is 12.4 Å². The normalized spacial score (nSPS) is 11.6. The molecule has 1 aromatic carbocycles. The van der Waals surface area contributed by atoms with Gasteiger partial charge in [0, 0.05) is 10.5 Å². The highest BCUT2D eigenvalue weighted by Gasteiger charge is 1.95. The number of aliphatic imine (C=N–C) groups is 1. The minimum Gasteiger partial charge on any atom is -0.492 e. The van der Waals surface area contributed by atoms with Gasteiger partial charge in [0.25, 0.3) is 0 Å². The van der Waals surface area contributed by atoms with Gasteiger partial charge in [0.05, 0.1) is 6.54 Å². The molecule has 0 atom stereocenters. The van der Waals surface area contributed by atoms with Crippen LogP contribution in [0, 0.1) is 0 Å². The van der Waals surface area contributed by atoms with Crippen LogP contribution < -0.4 is 15.8 Å². The number of benzene rings is 1. The van der Waals surface area contributed by atoms with Gasteiger partial charge in [0.15, 0.2) is 5.96 Å². The van der Waals surface area contributed by atoms with Crippen LogP contribution in [-0.2, 0) is 0 Å². The minimum absolute atomic E-state index is 0.297. The summed E-state index contributed by atoms with van der Waals surface area (Å²) in [6, 6.07) is 7.99. The van der Waals surface area contributed by atoms with E-state index in [4.69, 9.17) is 10.5 Å². The first kappa shape index (κ1) is 13.8. The molecule has 0 saturated heterocycles. The van der Waals surface area contributed by atoms with Crippen molar-refractivity contribution in [1.82, 2.24) is 5.32 Å². The SMILES string of the molecule is CC(C)NC(N)=NCCOc1ccc(Br)cc1. The van der Waals surface area contributed by atoms with Gasteiger partial charge in [-0.1, -0.05) is 15.9 Å². The van der Waals surface area contributed by atoms with E-state index in [9.17, 15) is 0 Å². The Morgan fingerprint density at radius 2 is 2.06 bits per heavy atom. The van der Waals surface area contributed by atoms with Crippen molar-refractivity contribution in [3.8, 4) is 5.75 Å². The van der Waals surface area contributed by atoms with Gasteiger partial charge in [-0.3, -0.25) is 0 Å². The second kappa shape index (κ2) is 7.17. The van der Waals surface area contributed by atoms with E-state index in [-0.39, 0.29) is 0 Å². The molecule has 94 valence electrons. The molecule has 17 heavy (non-hydrogen) atoms. The van der Waals surface area contributed by atoms with Gasteiger partial charge in [-0.05, 0) is 38.1 Å². The molecule has 0 amide bonds. The van der Waals surface area contributed by atoms with Crippen molar-refractivity contribution in [2.75, 3.05) is 13.2 Å². The molecule has 0 aliphatic heterocycles. The molecule has 0 saturated carbocycles. The number of rotatable bonds is 5. The van der Waals surface area contributed by atoms with Crippen molar-refractivity contribution in [1.29, 1.82) is 0 Å². The number of nitrogens with zero attached hydrogens (tertiary/aromatic N) is 1. The maximum Gasteiger partial charge on any atom is 0.188 e. The third kappa shape index (κ3) is 6.16. The second-order valence-corrected chi connectivity index (χ2v) is 4.78. The smallest absolute Gasteiger partial charge is 0.188 e. The molecule has 0 aliphatic rings. The number of nitrogens with two attached hydrogens (primary N) is 1. The molecular formula is C12H18BrN3O. The molecule has 0 aliphatic carbocycles. The summed E-state index contributed by atoms with van der Waals surface area (Å²) in [6.07, 6.45) is 0. The maximum absolute atomic E-state index is 5.65. The summed E-state index contributed by atoms with van der Waals surface area (Å²) < 4.78 is 6.54. The number of halogens is 1. The molecular weight excluding hydrogens is 282 g/mol. The van der Waals surface area contributed by atoms with E-state index in [0.29, 0.717) is 25.2 Å². The zero-order valence-electron chi connectivity index (χ0n) is 10.1. The van der Waals surface area contributed by atoms with Gasteiger partial charge in [0.2, 0.25) is 0 Å². The molecule has 1 aromatic rings. The molecule has 0 aromatic heterocycles. The van der Waals surface area contributed by atoms with Gasteiger partial charge in [-0.2, -0.15) is 0 Å². The van der Waals surface area contributed by atoms with E-state index in [0.717, 1.165) is 10.2 Å². The van der Waals surface area contributed by atoms with E-state index in [1.54, 1.807) is 0 Å². The first-order valence-electron chi connectivity index (χ1n) is 5.53. The van der Waals surface area contributed by atoms with E-state index in [1.165, 1.54) is 0 Å². The van der Waals surface area contributed by atoms with Crippen LogP contribution in [0.25, 0.3) is 0 Å². The molecule has 0 heterocycles. The first-order valence-corrected chi connectivity index (χ1v) is 6.32. The van der Waals surface area contributed by atoms with Crippen LogP contribution in [0.5, 0.6) is 5.75 Å². The zero-order chi connectivity index (χ0) is 12.7. The van der Waals surface area contributed by atoms with E-state index >= 15 is 0 Å². The summed E-state index contributed by atoms with van der Waals surface area (Å²) in [7, 11) is 0. The van der Waals surface area contributed by atoms with E-state index in [2.05, 4.69) is 26.2 Å². The van der Waals surface area contributed by atoms with Crippen LogP contribution in [0.4, 0.5) is 0 Å². The fourth-order valence-electron chi connectivity index (χ4n) is 1.20. The van der Waals surface area contributed by atoms with E-state index < -0.39 is 0 Å². The average Bonchev–Trinajstić information content (AvgIpc) is 2.26. The number of ether oxygens (including phenoxy) is 1. The lowest BCUT2D eigenvalue weighted by Gasteiger charge is -2.08. The maximum atomic E-state index is 5.65. The van der Waals surface area contributed by atoms with Crippen LogP contribution in [0.3, 0.4) is 0 Å². The van der Waals surface area contributed by atoms with E-state index in [1.807, 2.05) is 38.1 Å². The van der Waals surface area contributed by atoms with Crippen LogP contribution in [0.15, 0.2) is 33.7 Å². The highest BCUT2D eigenvalue weighted by molar-refractivity contribution is 9.10. The summed E-state index contributed by atoms with van der Waals surface area (Å²) in [5, 5.41) is 3.01. The van der Waals surface area contributed by atoms with Crippen molar-refractivity contribution >= 4 is 21.9 Å². The number of guanidine groups is 1. The number of hydrogen-bond donors (Lipinski definition) is 2. The Balaban J connectivity index is 2.26. The summed E-state index contributed by atoms with van der Waals surface area (Å²) in [4.78, 5) is 4.15. The fourth-order valence-corrected chi connectivity index (χ4v) is 1.47. The van der Waals surface area contributed by atoms with Crippen molar-refractivity contribution < 1.29 is 4.74 Å². The zero-order valence-corrected chi connectivity index (χ0v) is 11.7. The Hall–Kier alpha value is -1.23. The Morgan fingerprint density at radius 3 is 2.65 bits per heavy atom. The van der Waals surface area contributed by atoms with Crippen molar-refractivity contribution in [2.45, 2.75) is 19.9 Å². The molecule has 0 radical (unpaired) electrons. The molecule has 4 nitrogen and oxygen atoms in total. The standard InChI is InChI=1S/C12H18BrN3O/c1-9(2)16-12(14)15-7-8-17-11-5-3-10(13)4-6-11/h3-6,9H,7-8H2,1-2H3,(H3,14,15,16). The predicted octanol–water partition coefficient (Wildman–Crippen LogP) is 2.14. The first-order chi connectivity index (χ1) is 8.08. The van der Waals surface area contributed by atoms with Crippen LogP contribution in [0.2, 0.25) is 0 Å². The number of nitrogens with one attached hydrogen (secondary N) is 1. The molecule has 0 bridgehead atoms. The predicted molar refractivity (Wildman–Crippen MR) is 74.4 cm³/mol. The highest BCUT2D eigenvalue weighted by atomic mass is 79.9. The highest BCUT2D eigenvalue weighted by Crippen LogP contribution is 2.15. The fraction of sp³-hybridized carbons (Fsp3) is 0.417. The average molecular weight is 300 g/mol. The second-order valence-electron chi connectivity index (χ2n) is 3.87. The molecule has 0 fully saturated rings. The summed E-state index contributed by atoms with van der Waals surface area (Å²) in [5.41, 5.74) is 5.65. The largest absolute Gasteiger partial charge is 0.492 e. The quantitative estimate of drug-likeness (QED) is 0.497. The molecule has 0 spiro atoms. The lowest BCUT2D eigenvalue weighted by molar-refractivity contribution is 0.328. The van der Waals surface area contributed by atoms with Crippen molar-refractivity contribution in [3.05, 3.63) is 28.7 Å². The Kier molecular flexibility index (Phi) is 5.83. The lowest BCUT2D eigenvalue weighted by atomic mass is 10.3. The minimum atomic E-state index is 0.297.